The fourth-order valence-electron chi connectivity index (χ4n) is 10.4. The molecule has 4 saturated heterocycles. The van der Waals surface area contributed by atoms with Crippen molar-refractivity contribution in [3.8, 4) is 0 Å². The minimum absolute atomic E-state index is 0.00246. The normalized spacial score (nSPS) is 30.9. The van der Waals surface area contributed by atoms with Gasteiger partial charge in [-0.25, -0.2) is 68.9 Å². The van der Waals surface area contributed by atoms with E-state index in [2.05, 4.69) is 59.8 Å². The van der Waals surface area contributed by atoms with Crippen molar-refractivity contribution >= 4 is 98.8 Å². The summed E-state index contributed by atoms with van der Waals surface area (Å²) in [7, 11) is -20.8. The molecule has 4 aliphatic heterocycles. The Balaban J connectivity index is 0.729. The van der Waals surface area contributed by atoms with Crippen LogP contribution in [0.2, 0.25) is 0 Å². The van der Waals surface area contributed by atoms with Gasteiger partial charge >= 0.3 is 30.8 Å². The molecule has 12 heterocycles. The lowest BCUT2D eigenvalue weighted by Crippen LogP contribution is -2.37. The lowest BCUT2D eigenvalue weighted by atomic mass is 10.1. The molecule has 0 amide bonds. The number of imidazole rings is 4. The van der Waals surface area contributed by atoms with Crippen LogP contribution in [0.3, 0.4) is 0 Å². The molecule has 8 aromatic rings. The van der Waals surface area contributed by atoms with E-state index in [9.17, 15) is 68.3 Å². The van der Waals surface area contributed by atoms with E-state index in [1.165, 1.54) is 10.9 Å². The average molecular weight is 1360 g/mol. The molecule has 0 saturated carbocycles. The van der Waals surface area contributed by atoms with Crippen LogP contribution in [0.25, 0.3) is 44.7 Å². The van der Waals surface area contributed by atoms with Crippen LogP contribution in [0.4, 0.5) is 23.3 Å². The summed E-state index contributed by atoms with van der Waals surface area (Å²) >= 11 is 0. The number of nitrogens with two attached hydrogens (primary N) is 4. The molecule has 3 unspecified atom stereocenters. The monoisotopic (exact) mass is 1360 g/mol. The molecule has 0 aromatic carbocycles. The van der Waals surface area contributed by atoms with Crippen LogP contribution in [0.1, 0.15) is 24.9 Å². The third-order valence-corrected chi connectivity index (χ3v) is 18.2. The number of anilines is 4. The molecule has 18 N–H and O–H groups in total. The standard InChI is InChI=1S/C42H54N20O25P4/c43-31-19-35(51-5-47-31)59(9-55-19)39-27(67)23(63)17(81-39)3-79-90(73,74)86-30-25(65)16(83-42(30)62-12-58-22-34(46)50-8-54-38(22)62)2-78-14-89(71,72)85-28-26(66)18(84-40(28)60-10-56-20-32(44)48-6-52-36(20)60)4-80-91(75,76)87-29-24(64)15(1-77-13-88(68,69)70)82-41(29)61-11-57-21-33(45)49-7-53-37(21)61/h5-12,15-18,23-30,39-42,63-67H,1-4,13-14H2,(H,71,72)(H,73,74)(H,75,76)(H2,43,47,51)(H2,44,48,52)(H2,45,49,53)(H2,46,50,54)(H2,68,69,70)/t15-,16-,17-,18-,23-,24-,25-,26-,27-,28-,29-,30-,39-,40-,41-,42-/m1/s1. The third kappa shape index (κ3) is 13.0. The number of fused-ring (bicyclic) bond motifs is 4. The largest absolute Gasteiger partial charge is 0.472 e. The van der Waals surface area contributed by atoms with E-state index in [-0.39, 0.29) is 67.9 Å². The van der Waals surface area contributed by atoms with Crippen molar-refractivity contribution in [1.29, 1.82) is 0 Å². The Morgan fingerprint density at radius 1 is 0.396 bits per heavy atom. The number of aromatic nitrogens is 16. The average Bonchev–Trinajstić information content (AvgIpc) is 1.67. The Morgan fingerprint density at radius 2 is 0.703 bits per heavy atom. The number of aliphatic hydroxyl groups is 5. The zero-order chi connectivity index (χ0) is 64.6. The maximum atomic E-state index is 14.1. The first-order chi connectivity index (χ1) is 43.2. The summed E-state index contributed by atoms with van der Waals surface area (Å²) in [5.74, 6) is -0.290. The highest BCUT2D eigenvalue weighted by Gasteiger charge is 2.55. The van der Waals surface area contributed by atoms with Gasteiger partial charge in [-0.2, -0.15) is 0 Å². The van der Waals surface area contributed by atoms with Gasteiger partial charge in [0.2, 0.25) is 0 Å². The topological polar surface area (TPSA) is 651 Å². The number of rotatable bonds is 24. The summed E-state index contributed by atoms with van der Waals surface area (Å²) < 4.78 is 120. The van der Waals surface area contributed by atoms with E-state index < -0.39 is 168 Å². The molecule has 91 heavy (non-hydrogen) atoms. The van der Waals surface area contributed by atoms with Crippen LogP contribution >= 0.6 is 30.8 Å². The van der Waals surface area contributed by atoms with Crippen molar-refractivity contribution in [2.24, 2.45) is 0 Å². The maximum Gasteiger partial charge on any atom is 0.472 e. The van der Waals surface area contributed by atoms with E-state index in [0.717, 1.165) is 58.0 Å². The van der Waals surface area contributed by atoms with Gasteiger partial charge in [0.05, 0.1) is 51.7 Å². The molecule has 0 radical (unpaired) electrons. The zero-order valence-electron chi connectivity index (χ0n) is 45.9. The smallest absolute Gasteiger partial charge is 0.387 e. The molecular weight excluding hydrogens is 1310 g/mol. The predicted octanol–water partition coefficient (Wildman–Crippen LogP) is -4.23. The fraction of sp³-hybridized carbons (Fsp3) is 0.524. The lowest BCUT2D eigenvalue weighted by molar-refractivity contribution is -0.0670. The van der Waals surface area contributed by atoms with Gasteiger partial charge in [-0.3, -0.25) is 50.0 Å². The lowest BCUT2D eigenvalue weighted by Gasteiger charge is -2.25. The number of ether oxygens (including phenoxy) is 6. The summed E-state index contributed by atoms with van der Waals surface area (Å²) in [5, 5.41) is 56.9. The van der Waals surface area contributed by atoms with Gasteiger partial charge < -0.3 is 101 Å². The van der Waals surface area contributed by atoms with E-state index in [0.29, 0.717) is 0 Å². The van der Waals surface area contributed by atoms with Crippen LogP contribution in [-0.4, -0.2) is 240 Å². The number of aliphatic hydroxyl groups excluding tert-OH is 5. The second-order valence-corrected chi connectivity index (χ2v) is 26.7. The molecule has 12 rings (SSSR count). The van der Waals surface area contributed by atoms with Crippen molar-refractivity contribution in [3.63, 3.8) is 0 Å². The van der Waals surface area contributed by atoms with Gasteiger partial charge in [0.15, 0.2) is 70.8 Å². The number of nitrogen functional groups attached to an aromatic ring is 4. The second-order valence-electron chi connectivity index (χ2n) is 20.6. The fourth-order valence-corrected chi connectivity index (χ4v) is 13.6. The molecule has 0 spiro atoms. The minimum Gasteiger partial charge on any atom is -0.387 e. The SMILES string of the molecule is Nc1ncnc2c1ncn2[C@@H]1O[C@H](COP(=O)(O)O[C@@H]2[C@H](O)[C@@H](COCP(=O)(O)O[C@@H]3[C@H](O)[C@@H](COP(=O)(O)O[C@@H]4[C@H](O)[C@@H](COCP(=O)(O)O)O[C@H]4n4cnc5c(N)ncnc54)O[C@H]3n3cnc4c(N)ncnc43)O[C@H]2n2cnc3c(N)ncnc32)[C@@H](O)[C@H]1O. The molecule has 8 aromatic heterocycles. The van der Waals surface area contributed by atoms with E-state index in [1.54, 1.807) is 0 Å². The minimum atomic E-state index is -5.48. The molecule has 19 atom stereocenters. The zero-order valence-corrected chi connectivity index (χ0v) is 49.5. The van der Waals surface area contributed by atoms with Gasteiger partial charge in [-0.1, -0.05) is 0 Å². The quantitative estimate of drug-likeness (QED) is 0.0255. The second kappa shape index (κ2) is 25.1. The Bertz CT molecular complexity index is 4190. The summed E-state index contributed by atoms with van der Waals surface area (Å²) in [6, 6.07) is 0. The van der Waals surface area contributed by atoms with E-state index in [4.69, 9.17) is 74.0 Å². The van der Waals surface area contributed by atoms with Crippen molar-refractivity contribution in [2.75, 3.05) is 62.1 Å². The molecular formula is C42H54N20O25P4. The van der Waals surface area contributed by atoms with Crippen molar-refractivity contribution in [2.45, 2.75) is 98.2 Å². The number of phosphoric acid groups is 2. The van der Waals surface area contributed by atoms with Crippen molar-refractivity contribution in [3.05, 3.63) is 50.6 Å². The molecule has 0 bridgehead atoms. The van der Waals surface area contributed by atoms with Crippen molar-refractivity contribution in [1.82, 2.24) is 78.1 Å². The van der Waals surface area contributed by atoms with Crippen LogP contribution in [0.5, 0.6) is 0 Å². The Morgan fingerprint density at radius 3 is 1.07 bits per heavy atom. The molecule has 0 aliphatic carbocycles. The van der Waals surface area contributed by atoms with E-state index >= 15 is 0 Å². The van der Waals surface area contributed by atoms with Gasteiger partial charge in [-0.05, 0) is 0 Å². The van der Waals surface area contributed by atoms with Gasteiger partial charge in [-0.15, -0.1) is 0 Å². The highest BCUT2D eigenvalue weighted by atomic mass is 31.2. The van der Waals surface area contributed by atoms with Crippen molar-refractivity contribution < 1.29 is 119 Å². The first-order valence-corrected chi connectivity index (χ1v) is 33.0. The number of nitrogens with zero attached hydrogens (tertiary/aromatic N) is 16. The summed E-state index contributed by atoms with van der Waals surface area (Å²) in [6.07, 6.45) is -21.1. The van der Waals surface area contributed by atoms with Crippen LogP contribution in [0.15, 0.2) is 50.6 Å². The third-order valence-electron chi connectivity index (χ3n) is 14.6. The van der Waals surface area contributed by atoms with E-state index in [1.807, 2.05) is 0 Å². The van der Waals surface area contributed by atoms with Crippen LogP contribution < -0.4 is 22.9 Å². The Hall–Kier alpha value is -6.52. The summed E-state index contributed by atoms with van der Waals surface area (Å²) in [4.78, 5) is 101. The van der Waals surface area contributed by atoms with Gasteiger partial charge in [0.1, 0.15) is 133 Å². The summed E-state index contributed by atoms with van der Waals surface area (Å²) in [6.45, 7) is -3.46. The van der Waals surface area contributed by atoms with Gasteiger partial charge in [0.25, 0.3) is 0 Å². The Labute approximate surface area is 505 Å². The van der Waals surface area contributed by atoms with Gasteiger partial charge in [0, 0.05) is 0 Å². The number of hydrogen-bond acceptors (Lipinski definition) is 36. The highest BCUT2D eigenvalue weighted by molar-refractivity contribution is 7.52. The molecule has 49 heteroatoms. The molecule has 4 fully saturated rings. The molecule has 492 valence electrons. The molecule has 4 aliphatic rings. The Kier molecular flexibility index (Phi) is 17.8. The summed E-state index contributed by atoms with van der Waals surface area (Å²) in [5.41, 5.74) is 24.1. The maximum absolute atomic E-state index is 14.1. The first-order valence-electron chi connectivity index (χ1n) is 26.4. The van der Waals surface area contributed by atoms with Crippen LogP contribution in [0, 0.1) is 0 Å². The molecule has 45 nitrogen and oxygen atoms in total. The number of phosphoric ester groups is 2. The predicted molar refractivity (Wildman–Crippen MR) is 294 cm³/mol. The highest BCUT2D eigenvalue weighted by Crippen LogP contribution is 2.54. The van der Waals surface area contributed by atoms with Crippen LogP contribution in [-0.2, 0) is 69.3 Å². The first kappa shape index (κ1) is 64.6. The number of hydrogen-bond donors (Lipinski definition) is 14.